The summed E-state index contributed by atoms with van der Waals surface area (Å²) < 4.78 is 5.06. The fourth-order valence-electron chi connectivity index (χ4n) is 1.99. The van der Waals surface area contributed by atoms with Crippen molar-refractivity contribution in [2.45, 2.75) is 19.4 Å². The first-order valence-corrected chi connectivity index (χ1v) is 7.50. The Kier molecular flexibility index (Phi) is 5.42. The molecule has 0 radical (unpaired) electrons. The zero-order valence-electron chi connectivity index (χ0n) is 13.9. The second-order valence-electron chi connectivity index (χ2n) is 5.75. The number of rotatable bonds is 5. The van der Waals surface area contributed by atoms with Crippen LogP contribution in [0.15, 0.2) is 54.6 Å². The highest BCUT2D eigenvalue weighted by Crippen LogP contribution is 2.15. The van der Waals surface area contributed by atoms with Gasteiger partial charge in [0.05, 0.1) is 7.11 Å². The van der Waals surface area contributed by atoms with E-state index in [0.29, 0.717) is 17.1 Å². The largest absolute Gasteiger partial charge is 0.497 e. The SMILES string of the molecule is COc1ccc(NC(=O)NC(C)(C)C(=O)Nc2ccccc2)cc1. The third-order valence-corrected chi connectivity index (χ3v) is 3.37. The van der Waals surface area contributed by atoms with Crippen LogP contribution in [0.5, 0.6) is 5.75 Å². The molecule has 3 amide bonds. The Hall–Kier alpha value is -3.02. The van der Waals surface area contributed by atoms with Crippen LogP contribution < -0.4 is 20.7 Å². The van der Waals surface area contributed by atoms with E-state index in [0.717, 1.165) is 0 Å². The Morgan fingerprint density at radius 3 is 2.04 bits per heavy atom. The molecule has 0 spiro atoms. The topological polar surface area (TPSA) is 79.5 Å². The van der Waals surface area contributed by atoms with Crippen LogP contribution in [-0.2, 0) is 4.79 Å². The van der Waals surface area contributed by atoms with Gasteiger partial charge in [0, 0.05) is 11.4 Å². The summed E-state index contributed by atoms with van der Waals surface area (Å²) in [7, 11) is 1.57. The van der Waals surface area contributed by atoms with Gasteiger partial charge in [0.2, 0.25) is 5.91 Å². The van der Waals surface area contributed by atoms with Gasteiger partial charge in [-0.15, -0.1) is 0 Å². The maximum absolute atomic E-state index is 12.3. The lowest BCUT2D eigenvalue weighted by Gasteiger charge is -2.25. The molecular weight excluding hydrogens is 306 g/mol. The first-order valence-electron chi connectivity index (χ1n) is 7.50. The van der Waals surface area contributed by atoms with Crippen molar-refractivity contribution < 1.29 is 14.3 Å². The number of carbonyl (C=O) groups excluding carboxylic acids is 2. The van der Waals surface area contributed by atoms with E-state index in [-0.39, 0.29) is 5.91 Å². The van der Waals surface area contributed by atoms with Crippen molar-refractivity contribution >= 4 is 23.3 Å². The van der Waals surface area contributed by atoms with Crippen LogP contribution in [0, 0.1) is 0 Å². The molecule has 3 N–H and O–H groups in total. The molecule has 2 rings (SSSR count). The van der Waals surface area contributed by atoms with Crippen LogP contribution in [0.25, 0.3) is 0 Å². The summed E-state index contributed by atoms with van der Waals surface area (Å²) in [5.74, 6) is 0.391. The van der Waals surface area contributed by atoms with Crippen molar-refractivity contribution in [1.29, 1.82) is 0 Å². The summed E-state index contributed by atoms with van der Waals surface area (Å²) in [4.78, 5) is 24.4. The molecule has 0 aromatic heterocycles. The van der Waals surface area contributed by atoms with Crippen molar-refractivity contribution in [1.82, 2.24) is 5.32 Å². The molecule has 0 saturated carbocycles. The van der Waals surface area contributed by atoms with E-state index in [4.69, 9.17) is 4.74 Å². The van der Waals surface area contributed by atoms with Gasteiger partial charge in [-0.2, -0.15) is 0 Å². The highest BCUT2D eigenvalue weighted by atomic mass is 16.5. The molecule has 6 heteroatoms. The Bertz CT molecular complexity index is 697. The molecule has 0 aliphatic rings. The lowest BCUT2D eigenvalue weighted by Crippen LogP contribution is -2.53. The Morgan fingerprint density at radius 2 is 1.46 bits per heavy atom. The summed E-state index contributed by atoms with van der Waals surface area (Å²) in [6.45, 7) is 3.28. The number of para-hydroxylation sites is 1. The minimum atomic E-state index is -1.08. The van der Waals surface area contributed by atoms with Crippen LogP contribution in [0.2, 0.25) is 0 Å². The lowest BCUT2D eigenvalue weighted by atomic mass is 10.0. The molecule has 0 heterocycles. The van der Waals surface area contributed by atoms with Crippen molar-refractivity contribution in [2.24, 2.45) is 0 Å². The number of anilines is 2. The second kappa shape index (κ2) is 7.50. The number of benzene rings is 2. The van der Waals surface area contributed by atoms with E-state index in [1.165, 1.54) is 0 Å². The fourth-order valence-corrected chi connectivity index (χ4v) is 1.99. The number of nitrogens with one attached hydrogen (secondary N) is 3. The van der Waals surface area contributed by atoms with Gasteiger partial charge in [-0.1, -0.05) is 18.2 Å². The standard InChI is InChI=1S/C18H21N3O3/c1-18(2,16(22)19-13-7-5-4-6-8-13)21-17(23)20-14-9-11-15(24-3)12-10-14/h4-12H,1-3H3,(H,19,22)(H2,20,21,23). The Morgan fingerprint density at radius 1 is 0.875 bits per heavy atom. The summed E-state index contributed by atoms with van der Waals surface area (Å²) >= 11 is 0. The van der Waals surface area contributed by atoms with Crippen molar-refractivity contribution in [2.75, 3.05) is 17.7 Å². The van der Waals surface area contributed by atoms with Crippen molar-refractivity contribution in [3.05, 3.63) is 54.6 Å². The van der Waals surface area contributed by atoms with E-state index >= 15 is 0 Å². The predicted molar refractivity (Wildman–Crippen MR) is 94.3 cm³/mol. The van der Waals surface area contributed by atoms with Crippen LogP contribution in [0.3, 0.4) is 0 Å². The number of urea groups is 1. The monoisotopic (exact) mass is 327 g/mol. The molecule has 0 bridgehead atoms. The van der Waals surface area contributed by atoms with Gasteiger partial charge in [0.15, 0.2) is 0 Å². The number of amides is 3. The second-order valence-corrected chi connectivity index (χ2v) is 5.75. The highest BCUT2D eigenvalue weighted by Gasteiger charge is 2.29. The molecule has 6 nitrogen and oxygen atoms in total. The third-order valence-electron chi connectivity index (χ3n) is 3.37. The maximum atomic E-state index is 12.3. The molecule has 0 unspecified atom stereocenters. The van der Waals surface area contributed by atoms with E-state index in [9.17, 15) is 9.59 Å². The normalized spacial score (nSPS) is 10.6. The van der Waals surface area contributed by atoms with E-state index in [2.05, 4.69) is 16.0 Å². The van der Waals surface area contributed by atoms with Gasteiger partial charge in [-0.05, 0) is 50.2 Å². The summed E-state index contributed by atoms with van der Waals surface area (Å²) in [6, 6.07) is 15.5. The third kappa shape index (κ3) is 4.74. The molecule has 2 aromatic carbocycles. The lowest BCUT2D eigenvalue weighted by molar-refractivity contribution is -0.120. The molecule has 0 saturated heterocycles. The van der Waals surface area contributed by atoms with Gasteiger partial charge >= 0.3 is 6.03 Å². The minimum Gasteiger partial charge on any atom is -0.497 e. The van der Waals surface area contributed by atoms with Crippen LogP contribution in [0.1, 0.15) is 13.8 Å². The molecule has 0 aliphatic heterocycles. The number of ether oxygens (including phenoxy) is 1. The molecular formula is C18H21N3O3. The minimum absolute atomic E-state index is 0.307. The molecule has 0 atom stereocenters. The van der Waals surface area contributed by atoms with Crippen LogP contribution >= 0.6 is 0 Å². The van der Waals surface area contributed by atoms with Gasteiger partial charge in [0.1, 0.15) is 11.3 Å². The highest BCUT2D eigenvalue weighted by molar-refractivity contribution is 6.01. The van der Waals surface area contributed by atoms with Crippen molar-refractivity contribution in [3.8, 4) is 5.75 Å². The first-order chi connectivity index (χ1) is 11.4. The van der Waals surface area contributed by atoms with Crippen LogP contribution in [0.4, 0.5) is 16.2 Å². The van der Waals surface area contributed by atoms with Gasteiger partial charge in [0.25, 0.3) is 0 Å². The van der Waals surface area contributed by atoms with Gasteiger partial charge in [-0.25, -0.2) is 4.79 Å². The molecule has 0 aliphatic carbocycles. The number of hydrogen-bond acceptors (Lipinski definition) is 3. The summed E-state index contributed by atoms with van der Waals surface area (Å²) in [6.07, 6.45) is 0. The average molecular weight is 327 g/mol. The zero-order valence-corrected chi connectivity index (χ0v) is 13.9. The molecule has 0 fully saturated rings. The van der Waals surface area contributed by atoms with Crippen LogP contribution in [-0.4, -0.2) is 24.6 Å². The van der Waals surface area contributed by atoms with Gasteiger partial charge < -0.3 is 20.7 Å². The van der Waals surface area contributed by atoms with E-state index in [1.807, 2.05) is 18.2 Å². The predicted octanol–water partition coefficient (Wildman–Crippen LogP) is 3.23. The average Bonchev–Trinajstić information content (AvgIpc) is 2.56. The first kappa shape index (κ1) is 17.3. The smallest absolute Gasteiger partial charge is 0.320 e. The Labute approximate surface area is 141 Å². The van der Waals surface area contributed by atoms with Crippen molar-refractivity contribution in [3.63, 3.8) is 0 Å². The summed E-state index contributed by atoms with van der Waals surface area (Å²) in [5.41, 5.74) is 0.201. The zero-order chi connectivity index (χ0) is 17.6. The fraction of sp³-hybridized carbons (Fsp3) is 0.222. The number of hydrogen-bond donors (Lipinski definition) is 3. The number of carbonyl (C=O) groups is 2. The molecule has 126 valence electrons. The quantitative estimate of drug-likeness (QED) is 0.789. The molecule has 24 heavy (non-hydrogen) atoms. The molecule has 2 aromatic rings. The van der Waals surface area contributed by atoms with Gasteiger partial charge in [-0.3, -0.25) is 4.79 Å². The maximum Gasteiger partial charge on any atom is 0.320 e. The van der Waals surface area contributed by atoms with E-state index < -0.39 is 11.6 Å². The summed E-state index contributed by atoms with van der Waals surface area (Å²) in [5, 5.41) is 8.11. The van der Waals surface area contributed by atoms with E-state index in [1.54, 1.807) is 57.4 Å². The number of methoxy groups -OCH3 is 1. The Balaban J connectivity index is 1.94.